The monoisotopic (exact) mass is 135 g/mol. The molecule has 0 bridgehead atoms. The van der Waals surface area contributed by atoms with Crippen LogP contribution in [0.2, 0.25) is 0 Å². The van der Waals surface area contributed by atoms with Gasteiger partial charge in [0.15, 0.2) is 0 Å². The van der Waals surface area contributed by atoms with E-state index in [1.165, 1.54) is 0 Å². The van der Waals surface area contributed by atoms with Gasteiger partial charge in [0.1, 0.15) is 5.75 Å². The van der Waals surface area contributed by atoms with E-state index >= 15 is 0 Å². The predicted molar refractivity (Wildman–Crippen MR) is 41.8 cm³/mol. The zero-order valence-corrected chi connectivity index (χ0v) is 5.88. The third-order valence-corrected chi connectivity index (χ3v) is 1.44. The minimum Gasteiger partial charge on any atom is -0.508 e. The first-order chi connectivity index (χ1) is 4.84. The zero-order chi connectivity index (χ0) is 7.40. The zero-order valence-electron chi connectivity index (χ0n) is 5.88. The number of aryl methyl sites for hydroxylation is 1. The molecular formula is C9H11O. The summed E-state index contributed by atoms with van der Waals surface area (Å²) in [5.41, 5.74) is 0.984. The Bertz CT molecular complexity index is 206. The van der Waals surface area contributed by atoms with Gasteiger partial charge in [0.25, 0.3) is 0 Å². The lowest BCUT2D eigenvalue weighted by Crippen LogP contribution is -1.81. The summed E-state index contributed by atoms with van der Waals surface area (Å²) in [6.07, 6.45) is 1.68. The number of para-hydroxylation sites is 1. The standard InChI is InChI=1S/C9H11O/c1-2-5-8-6-3-4-7-9(8)10/h3-4,6-7,10H,1-2,5H2. The normalized spacial score (nSPS) is 9.70. The van der Waals surface area contributed by atoms with Gasteiger partial charge in [0, 0.05) is 0 Å². The minimum absolute atomic E-state index is 0.381. The highest BCUT2D eigenvalue weighted by atomic mass is 16.3. The molecule has 1 radical (unpaired) electrons. The van der Waals surface area contributed by atoms with Gasteiger partial charge in [-0.15, -0.1) is 0 Å². The molecule has 10 heavy (non-hydrogen) atoms. The van der Waals surface area contributed by atoms with Crippen molar-refractivity contribution in [3.05, 3.63) is 36.8 Å². The molecule has 0 spiro atoms. The van der Waals surface area contributed by atoms with Crippen molar-refractivity contribution in [1.29, 1.82) is 0 Å². The van der Waals surface area contributed by atoms with E-state index in [9.17, 15) is 5.11 Å². The van der Waals surface area contributed by atoms with Gasteiger partial charge in [-0.2, -0.15) is 0 Å². The van der Waals surface area contributed by atoms with Crippen LogP contribution in [0.15, 0.2) is 24.3 Å². The van der Waals surface area contributed by atoms with Gasteiger partial charge in [-0.3, -0.25) is 0 Å². The molecule has 0 saturated carbocycles. The number of hydrogen-bond donors (Lipinski definition) is 1. The van der Waals surface area contributed by atoms with Crippen molar-refractivity contribution < 1.29 is 5.11 Å². The second-order valence-corrected chi connectivity index (χ2v) is 2.23. The molecule has 0 aliphatic heterocycles. The molecule has 0 heterocycles. The molecular weight excluding hydrogens is 124 g/mol. The predicted octanol–water partition coefficient (Wildman–Crippen LogP) is 2.16. The minimum atomic E-state index is 0.381. The van der Waals surface area contributed by atoms with Crippen LogP contribution >= 0.6 is 0 Å². The lowest BCUT2D eigenvalue weighted by Gasteiger charge is -1.99. The second-order valence-electron chi connectivity index (χ2n) is 2.23. The Morgan fingerprint density at radius 2 is 2.00 bits per heavy atom. The van der Waals surface area contributed by atoms with Gasteiger partial charge in [0.2, 0.25) is 0 Å². The Labute approximate surface area is 61.3 Å². The van der Waals surface area contributed by atoms with E-state index in [2.05, 4.69) is 6.92 Å². The van der Waals surface area contributed by atoms with E-state index in [0.717, 1.165) is 18.4 Å². The number of phenols is 1. The topological polar surface area (TPSA) is 20.2 Å². The van der Waals surface area contributed by atoms with Crippen LogP contribution in [0.4, 0.5) is 0 Å². The Balaban J connectivity index is 2.81. The van der Waals surface area contributed by atoms with Crippen molar-refractivity contribution >= 4 is 0 Å². The Morgan fingerprint density at radius 3 is 2.60 bits per heavy atom. The van der Waals surface area contributed by atoms with Crippen molar-refractivity contribution in [2.45, 2.75) is 12.8 Å². The Kier molecular flexibility index (Phi) is 2.32. The van der Waals surface area contributed by atoms with Crippen LogP contribution in [-0.2, 0) is 6.42 Å². The lowest BCUT2D eigenvalue weighted by atomic mass is 10.1. The Morgan fingerprint density at radius 1 is 1.30 bits per heavy atom. The van der Waals surface area contributed by atoms with Crippen LogP contribution < -0.4 is 0 Å². The van der Waals surface area contributed by atoms with Gasteiger partial charge >= 0.3 is 0 Å². The molecule has 1 aromatic carbocycles. The molecule has 0 fully saturated rings. The third kappa shape index (κ3) is 1.50. The number of hydrogen-bond acceptors (Lipinski definition) is 1. The van der Waals surface area contributed by atoms with Gasteiger partial charge < -0.3 is 5.11 Å². The fraction of sp³-hybridized carbons (Fsp3) is 0.222. The molecule has 0 unspecified atom stereocenters. The van der Waals surface area contributed by atoms with E-state index in [0.29, 0.717) is 5.75 Å². The first kappa shape index (κ1) is 7.13. The molecule has 1 aromatic rings. The quantitative estimate of drug-likeness (QED) is 0.658. The summed E-state index contributed by atoms with van der Waals surface area (Å²) in [4.78, 5) is 0. The fourth-order valence-corrected chi connectivity index (χ4v) is 0.913. The van der Waals surface area contributed by atoms with Crippen molar-refractivity contribution in [3.63, 3.8) is 0 Å². The highest BCUT2D eigenvalue weighted by Crippen LogP contribution is 2.16. The molecule has 0 atom stereocenters. The van der Waals surface area contributed by atoms with E-state index in [1.807, 2.05) is 18.2 Å². The van der Waals surface area contributed by atoms with Crippen molar-refractivity contribution in [3.8, 4) is 5.75 Å². The van der Waals surface area contributed by atoms with E-state index in [1.54, 1.807) is 6.07 Å². The molecule has 53 valence electrons. The van der Waals surface area contributed by atoms with Gasteiger partial charge in [-0.05, 0) is 24.5 Å². The maximum absolute atomic E-state index is 9.21. The molecule has 1 rings (SSSR count). The summed E-state index contributed by atoms with van der Waals surface area (Å²) < 4.78 is 0. The summed E-state index contributed by atoms with van der Waals surface area (Å²) in [5.74, 6) is 0.381. The van der Waals surface area contributed by atoms with Crippen LogP contribution in [0.1, 0.15) is 12.0 Å². The van der Waals surface area contributed by atoms with E-state index < -0.39 is 0 Å². The smallest absolute Gasteiger partial charge is 0.118 e. The van der Waals surface area contributed by atoms with Crippen molar-refractivity contribution in [2.75, 3.05) is 0 Å². The van der Waals surface area contributed by atoms with Crippen LogP contribution in [0.5, 0.6) is 5.75 Å². The van der Waals surface area contributed by atoms with Crippen LogP contribution in [0, 0.1) is 6.92 Å². The van der Waals surface area contributed by atoms with E-state index in [-0.39, 0.29) is 0 Å². The molecule has 0 aliphatic carbocycles. The largest absolute Gasteiger partial charge is 0.508 e. The van der Waals surface area contributed by atoms with Gasteiger partial charge in [-0.1, -0.05) is 25.1 Å². The highest BCUT2D eigenvalue weighted by molar-refractivity contribution is 5.31. The summed E-state index contributed by atoms with van der Waals surface area (Å²) in [6, 6.07) is 7.36. The second kappa shape index (κ2) is 3.25. The Hall–Kier alpha value is -0.980. The van der Waals surface area contributed by atoms with Gasteiger partial charge in [-0.25, -0.2) is 0 Å². The van der Waals surface area contributed by atoms with Crippen LogP contribution in [-0.4, -0.2) is 5.11 Å². The summed E-state index contributed by atoms with van der Waals surface area (Å²) in [6.45, 7) is 3.71. The molecule has 1 nitrogen and oxygen atoms in total. The van der Waals surface area contributed by atoms with Crippen LogP contribution in [0.25, 0.3) is 0 Å². The number of aromatic hydroxyl groups is 1. The number of rotatable bonds is 2. The van der Waals surface area contributed by atoms with Gasteiger partial charge in [0.05, 0.1) is 0 Å². The third-order valence-electron chi connectivity index (χ3n) is 1.44. The average molecular weight is 135 g/mol. The molecule has 0 aromatic heterocycles. The first-order valence-electron chi connectivity index (χ1n) is 3.40. The fourth-order valence-electron chi connectivity index (χ4n) is 0.913. The highest BCUT2D eigenvalue weighted by Gasteiger charge is 1.95. The average Bonchev–Trinajstić information content (AvgIpc) is 1.94. The number of benzene rings is 1. The molecule has 1 N–H and O–H groups in total. The first-order valence-corrected chi connectivity index (χ1v) is 3.40. The van der Waals surface area contributed by atoms with Crippen molar-refractivity contribution in [2.24, 2.45) is 0 Å². The lowest BCUT2D eigenvalue weighted by molar-refractivity contribution is 0.468. The van der Waals surface area contributed by atoms with E-state index in [4.69, 9.17) is 0 Å². The molecule has 0 saturated heterocycles. The molecule has 0 aliphatic rings. The van der Waals surface area contributed by atoms with Crippen molar-refractivity contribution in [1.82, 2.24) is 0 Å². The summed E-state index contributed by atoms with van der Waals surface area (Å²) in [7, 11) is 0. The molecule has 0 amide bonds. The maximum atomic E-state index is 9.21. The SMILES string of the molecule is [CH2]CCc1ccccc1O. The summed E-state index contributed by atoms with van der Waals surface area (Å²) in [5, 5.41) is 9.21. The maximum Gasteiger partial charge on any atom is 0.118 e. The molecule has 1 heteroatoms. The summed E-state index contributed by atoms with van der Waals surface area (Å²) >= 11 is 0. The number of phenolic OH excluding ortho intramolecular Hbond substituents is 1. The van der Waals surface area contributed by atoms with Crippen LogP contribution in [0.3, 0.4) is 0 Å².